The van der Waals surface area contributed by atoms with E-state index < -0.39 is 23.8 Å². The Balaban J connectivity index is 1.60. The molecule has 9 nitrogen and oxygen atoms in total. The van der Waals surface area contributed by atoms with E-state index >= 15 is 0 Å². The first kappa shape index (κ1) is 18.5. The van der Waals surface area contributed by atoms with Crippen molar-refractivity contribution in [2.24, 2.45) is 0 Å². The molecule has 29 heavy (non-hydrogen) atoms. The summed E-state index contributed by atoms with van der Waals surface area (Å²) in [5.74, 6) is -0.0363. The molecule has 4 aromatic rings. The van der Waals surface area contributed by atoms with Crippen molar-refractivity contribution in [3.63, 3.8) is 0 Å². The van der Waals surface area contributed by atoms with Crippen molar-refractivity contribution in [3.05, 3.63) is 66.3 Å². The molecule has 0 spiro atoms. The van der Waals surface area contributed by atoms with E-state index in [9.17, 15) is 18.0 Å². The van der Waals surface area contributed by atoms with Gasteiger partial charge in [-0.2, -0.15) is 28.1 Å². The number of carbonyl (C=O) groups is 1. The standard InChI is InChI=1S/C17H13F3N8O/c1-10(14-23-9-24-28(14)16-21-6-3-7-22-16)25-15(29)12-8-11-4-2-5-13(17(18,19)20)27(11)26-12/h2-10H,1H3,(H,25,29)/t10-/m1/s1. The number of pyridine rings is 1. The second-order valence-electron chi connectivity index (χ2n) is 6.05. The number of rotatable bonds is 4. The van der Waals surface area contributed by atoms with Gasteiger partial charge in [-0.25, -0.2) is 19.5 Å². The second-order valence-corrected chi connectivity index (χ2v) is 6.05. The highest BCUT2D eigenvalue weighted by molar-refractivity contribution is 5.93. The summed E-state index contributed by atoms with van der Waals surface area (Å²) in [4.78, 5) is 24.8. The molecule has 1 amide bonds. The summed E-state index contributed by atoms with van der Waals surface area (Å²) in [6.45, 7) is 1.65. The lowest BCUT2D eigenvalue weighted by molar-refractivity contribution is -0.142. The average Bonchev–Trinajstić information content (AvgIpc) is 3.34. The Kier molecular flexibility index (Phi) is 4.45. The third-order valence-electron chi connectivity index (χ3n) is 4.06. The van der Waals surface area contributed by atoms with E-state index in [4.69, 9.17) is 0 Å². The van der Waals surface area contributed by atoms with Crippen LogP contribution in [-0.2, 0) is 6.18 Å². The van der Waals surface area contributed by atoms with Crippen LogP contribution in [0.2, 0.25) is 0 Å². The molecule has 148 valence electrons. The van der Waals surface area contributed by atoms with Gasteiger partial charge in [0, 0.05) is 12.4 Å². The smallest absolute Gasteiger partial charge is 0.341 e. The van der Waals surface area contributed by atoms with Crippen molar-refractivity contribution in [1.82, 2.24) is 39.7 Å². The second kappa shape index (κ2) is 6.96. The Hall–Kier alpha value is -3.83. The fourth-order valence-electron chi connectivity index (χ4n) is 2.78. The highest BCUT2D eigenvalue weighted by Gasteiger charge is 2.34. The molecule has 4 heterocycles. The first-order chi connectivity index (χ1) is 13.8. The van der Waals surface area contributed by atoms with Crippen LogP contribution in [0.25, 0.3) is 11.5 Å². The Bertz CT molecular complexity index is 1170. The number of fused-ring (bicyclic) bond motifs is 1. The van der Waals surface area contributed by atoms with Crippen LogP contribution in [0.5, 0.6) is 0 Å². The topological polar surface area (TPSA) is 103 Å². The summed E-state index contributed by atoms with van der Waals surface area (Å²) in [5.41, 5.74) is -0.975. The van der Waals surface area contributed by atoms with Crippen LogP contribution in [0, 0.1) is 0 Å². The lowest BCUT2D eigenvalue weighted by Crippen LogP contribution is -2.29. The molecule has 1 atom stereocenters. The Morgan fingerprint density at radius 1 is 1.14 bits per heavy atom. The van der Waals surface area contributed by atoms with E-state index in [1.54, 1.807) is 13.0 Å². The number of nitrogens with one attached hydrogen (secondary N) is 1. The number of halogens is 3. The van der Waals surface area contributed by atoms with E-state index in [-0.39, 0.29) is 17.2 Å². The molecule has 0 aliphatic rings. The predicted molar refractivity (Wildman–Crippen MR) is 93.0 cm³/mol. The molecule has 0 aliphatic heterocycles. The van der Waals surface area contributed by atoms with Crippen molar-refractivity contribution in [2.75, 3.05) is 0 Å². The van der Waals surface area contributed by atoms with Crippen LogP contribution in [-0.4, -0.2) is 40.3 Å². The van der Waals surface area contributed by atoms with E-state index in [1.165, 1.54) is 41.6 Å². The van der Waals surface area contributed by atoms with Crippen LogP contribution in [0.4, 0.5) is 13.2 Å². The van der Waals surface area contributed by atoms with Gasteiger partial charge in [-0.05, 0) is 31.2 Å². The Labute approximate surface area is 161 Å². The molecule has 12 heteroatoms. The van der Waals surface area contributed by atoms with Gasteiger partial charge in [0.25, 0.3) is 11.9 Å². The van der Waals surface area contributed by atoms with Gasteiger partial charge in [0.05, 0.1) is 11.6 Å². The number of nitrogens with zero attached hydrogens (tertiary/aromatic N) is 7. The summed E-state index contributed by atoms with van der Waals surface area (Å²) in [5, 5.41) is 10.5. The van der Waals surface area contributed by atoms with Gasteiger partial charge in [-0.15, -0.1) is 0 Å². The van der Waals surface area contributed by atoms with Gasteiger partial charge >= 0.3 is 6.18 Å². The van der Waals surface area contributed by atoms with Crippen molar-refractivity contribution in [1.29, 1.82) is 0 Å². The molecule has 0 aromatic carbocycles. The molecule has 4 aromatic heterocycles. The summed E-state index contributed by atoms with van der Waals surface area (Å²) in [6.07, 6.45) is -0.245. The monoisotopic (exact) mass is 402 g/mol. The maximum Gasteiger partial charge on any atom is 0.433 e. The van der Waals surface area contributed by atoms with Crippen molar-refractivity contribution >= 4 is 11.4 Å². The average molecular weight is 402 g/mol. The number of alkyl halides is 3. The minimum absolute atomic E-state index is 0.151. The molecular formula is C17H13F3N8O. The molecule has 4 rings (SSSR count). The van der Waals surface area contributed by atoms with Crippen LogP contribution in [0.1, 0.15) is 35.0 Å². The SMILES string of the molecule is C[C@@H](NC(=O)c1cc2cccc(C(F)(F)F)n2n1)c1ncnn1-c1ncccn1. The molecule has 0 saturated heterocycles. The van der Waals surface area contributed by atoms with Crippen molar-refractivity contribution < 1.29 is 18.0 Å². The van der Waals surface area contributed by atoms with Crippen LogP contribution < -0.4 is 5.32 Å². The fourth-order valence-corrected chi connectivity index (χ4v) is 2.78. The third kappa shape index (κ3) is 3.51. The maximum absolute atomic E-state index is 13.1. The van der Waals surface area contributed by atoms with Gasteiger partial charge in [0.15, 0.2) is 11.5 Å². The lowest BCUT2D eigenvalue weighted by Gasteiger charge is -2.13. The third-order valence-corrected chi connectivity index (χ3v) is 4.06. The Morgan fingerprint density at radius 3 is 2.62 bits per heavy atom. The van der Waals surface area contributed by atoms with Gasteiger partial charge < -0.3 is 5.32 Å². The summed E-state index contributed by atoms with van der Waals surface area (Å²) >= 11 is 0. The van der Waals surface area contributed by atoms with Crippen molar-refractivity contribution in [3.8, 4) is 5.95 Å². The minimum Gasteiger partial charge on any atom is -0.341 e. The number of hydrogen-bond acceptors (Lipinski definition) is 6. The molecule has 0 bridgehead atoms. The zero-order valence-electron chi connectivity index (χ0n) is 14.9. The van der Waals surface area contributed by atoms with Gasteiger partial charge in [0.2, 0.25) is 0 Å². The number of amides is 1. The zero-order chi connectivity index (χ0) is 20.6. The fraction of sp³-hybridized carbons (Fsp3) is 0.176. The van der Waals surface area contributed by atoms with Crippen LogP contribution in [0.3, 0.4) is 0 Å². The van der Waals surface area contributed by atoms with E-state index in [1.807, 2.05) is 0 Å². The summed E-state index contributed by atoms with van der Waals surface area (Å²) < 4.78 is 41.5. The molecule has 0 unspecified atom stereocenters. The zero-order valence-corrected chi connectivity index (χ0v) is 14.9. The molecule has 0 saturated carbocycles. The molecule has 1 N–H and O–H groups in total. The molecule has 0 fully saturated rings. The normalized spacial score (nSPS) is 12.8. The number of aromatic nitrogens is 7. The number of carbonyl (C=O) groups excluding carboxylic acids is 1. The molecule has 0 radical (unpaired) electrons. The van der Waals surface area contributed by atoms with Crippen molar-refractivity contribution in [2.45, 2.75) is 19.1 Å². The minimum atomic E-state index is -4.60. The lowest BCUT2D eigenvalue weighted by atomic mass is 10.2. The van der Waals surface area contributed by atoms with E-state index in [0.29, 0.717) is 10.3 Å². The number of hydrogen-bond donors (Lipinski definition) is 1. The van der Waals surface area contributed by atoms with E-state index in [2.05, 4.69) is 30.5 Å². The summed E-state index contributed by atoms with van der Waals surface area (Å²) in [6, 6.07) is 5.87. The largest absolute Gasteiger partial charge is 0.433 e. The first-order valence-electron chi connectivity index (χ1n) is 8.39. The van der Waals surface area contributed by atoms with Crippen LogP contribution >= 0.6 is 0 Å². The highest BCUT2D eigenvalue weighted by Crippen LogP contribution is 2.29. The van der Waals surface area contributed by atoms with Gasteiger partial charge in [0.1, 0.15) is 12.0 Å². The first-order valence-corrected chi connectivity index (χ1v) is 8.39. The molecule has 0 aliphatic carbocycles. The Morgan fingerprint density at radius 2 is 1.90 bits per heavy atom. The summed E-state index contributed by atoms with van der Waals surface area (Å²) in [7, 11) is 0. The highest BCUT2D eigenvalue weighted by atomic mass is 19.4. The maximum atomic E-state index is 13.1. The molecular weight excluding hydrogens is 389 g/mol. The van der Waals surface area contributed by atoms with Crippen LogP contribution in [0.15, 0.2) is 49.1 Å². The van der Waals surface area contributed by atoms with Gasteiger partial charge in [-0.3, -0.25) is 4.79 Å². The van der Waals surface area contributed by atoms with Gasteiger partial charge in [-0.1, -0.05) is 6.07 Å². The predicted octanol–water partition coefficient (Wildman–Crippen LogP) is 2.21. The quantitative estimate of drug-likeness (QED) is 0.562. The van der Waals surface area contributed by atoms with E-state index in [0.717, 1.165) is 6.07 Å².